The monoisotopic (exact) mass is 315 g/mol. The number of ether oxygens (including phenoxy) is 1. The van der Waals surface area contributed by atoms with Gasteiger partial charge in [-0.1, -0.05) is 18.2 Å². The van der Waals surface area contributed by atoms with Crippen molar-refractivity contribution in [1.82, 2.24) is 0 Å². The summed E-state index contributed by atoms with van der Waals surface area (Å²) in [6.07, 6.45) is -1.16. The van der Waals surface area contributed by atoms with Gasteiger partial charge in [-0.05, 0) is 36.8 Å². The lowest BCUT2D eigenvalue weighted by molar-refractivity contribution is -0.144. The summed E-state index contributed by atoms with van der Waals surface area (Å²) in [4.78, 5) is 25.3. The van der Waals surface area contributed by atoms with Gasteiger partial charge in [0.05, 0.1) is 12.2 Å². The minimum absolute atomic E-state index is 0.138. The van der Waals surface area contributed by atoms with Gasteiger partial charge in [0.1, 0.15) is 11.6 Å². The minimum atomic E-state index is -1.16. The van der Waals surface area contributed by atoms with Crippen molar-refractivity contribution in [1.29, 1.82) is 0 Å². The Morgan fingerprint density at radius 2 is 2.00 bits per heavy atom. The second-order valence-electron chi connectivity index (χ2n) is 5.29. The van der Waals surface area contributed by atoms with Crippen molar-refractivity contribution in [2.24, 2.45) is 0 Å². The standard InChI is InChI=1S/C17H14FNO4/c1-10-6-7-11(8-12(10)18)16(20)19-9-15(17(21)22)23-14-5-3-2-4-13(14)19/h2-8,15H,9H2,1H3,(H,21,22)/t15-/m0/s1. The molecule has 0 spiro atoms. The van der Waals surface area contributed by atoms with E-state index in [1.165, 1.54) is 17.0 Å². The highest BCUT2D eigenvalue weighted by atomic mass is 19.1. The van der Waals surface area contributed by atoms with Crippen molar-refractivity contribution < 1.29 is 23.8 Å². The molecule has 2 aromatic rings. The summed E-state index contributed by atoms with van der Waals surface area (Å²) >= 11 is 0. The lowest BCUT2D eigenvalue weighted by Crippen LogP contribution is -2.47. The molecular formula is C17H14FNO4. The largest absolute Gasteiger partial charge is 0.478 e. The number of anilines is 1. The van der Waals surface area contributed by atoms with Gasteiger partial charge in [-0.2, -0.15) is 0 Å². The summed E-state index contributed by atoms with van der Waals surface area (Å²) in [7, 11) is 0. The van der Waals surface area contributed by atoms with Gasteiger partial charge in [-0.25, -0.2) is 9.18 Å². The topological polar surface area (TPSA) is 66.8 Å². The molecule has 0 unspecified atom stereocenters. The zero-order chi connectivity index (χ0) is 16.6. The molecule has 0 fully saturated rings. The van der Waals surface area contributed by atoms with Crippen molar-refractivity contribution in [3.63, 3.8) is 0 Å². The molecule has 1 amide bonds. The Morgan fingerprint density at radius 1 is 1.26 bits per heavy atom. The Labute approximate surface area is 131 Å². The zero-order valence-corrected chi connectivity index (χ0v) is 12.3. The molecule has 118 valence electrons. The fourth-order valence-corrected chi connectivity index (χ4v) is 2.44. The van der Waals surface area contributed by atoms with E-state index in [9.17, 15) is 19.1 Å². The van der Waals surface area contributed by atoms with Crippen LogP contribution in [0, 0.1) is 12.7 Å². The molecule has 0 radical (unpaired) electrons. The molecule has 1 heterocycles. The number of benzene rings is 2. The molecule has 1 N–H and O–H groups in total. The lowest BCUT2D eigenvalue weighted by Gasteiger charge is -2.33. The van der Waals surface area contributed by atoms with Gasteiger partial charge in [0.25, 0.3) is 5.91 Å². The van der Waals surface area contributed by atoms with Crippen molar-refractivity contribution in [3.8, 4) is 5.75 Å². The molecule has 0 aliphatic carbocycles. The third kappa shape index (κ3) is 2.75. The molecule has 0 aromatic heterocycles. The van der Waals surface area contributed by atoms with Crippen molar-refractivity contribution in [2.75, 3.05) is 11.4 Å². The quantitative estimate of drug-likeness (QED) is 0.925. The third-order valence-corrected chi connectivity index (χ3v) is 3.71. The van der Waals surface area contributed by atoms with E-state index in [0.717, 1.165) is 6.07 Å². The minimum Gasteiger partial charge on any atom is -0.478 e. The first-order chi connectivity index (χ1) is 11.0. The Hall–Kier alpha value is -2.89. The van der Waals surface area contributed by atoms with Crippen molar-refractivity contribution in [2.45, 2.75) is 13.0 Å². The smallest absolute Gasteiger partial charge is 0.346 e. The molecule has 1 atom stereocenters. The molecule has 1 aliphatic rings. The van der Waals surface area contributed by atoms with E-state index >= 15 is 0 Å². The Kier molecular flexibility index (Phi) is 3.73. The van der Waals surface area contributed by atoms with E-state index < -0.39 is 23.8 Å². The zero-order valence-electron chi connectivity index (χ0n) is 12.3. The van der Waals surface area contributed by atoms with Gasteiger partial charge >= 0.3 is 5.97 Å². The number of aliphatic carboxylic acids is 1. The number of carbonyl (C=O) groups excluding carboxylic acids is 1. The van der Waals surface area contributed by atoms with Crippen LogP contribution < -0.4 is 9.64 Å². The molecule has 23 heavy (non-hydrogen) atoms. The average Bonchev–Trinajstić information content (AvgIpc) is 2.55. The maximum Gasteiger partial charge on any atom is 0.346 e. The molecular weight excluding hydrogens is 301 g/mol. The third-order valence-electron chi connectivity index (χ3n) is 3.71. The van der Waals surface area contributed by atoms with Crippen LogP contribution in [0.15, 0.2) is 42.5 Å². The molecule has 0 bridgehead atoms. The van der Waals surface area contributed by atoms with Gasteiger partial charge in [0, 0.05) is 5.56 Å². The first-order valence-electron chi connectivity index (χ1n) is 7.04. The number of rotatable bonds is 2. The number of carbonyl (C=O) groups is 2. The fraction of sp³-hybridized carbons (Fsp3) is 0.176. The van der Waals surface area contributed by atoms with E-state index in [4.69, 9.17) is 4.74 Å². The molecule has 1 aliphatic heterocycles. The normalized spacial score (nSPS) is 16.4. The van der Waals surface area contributed by atoms with Gasteiger partial charge in [0.15, 0.2) is 0 Å². The molecule has 3 rings (SSSR count). The number of nitrogens with zero attached hydrogens (tertiary/aromatic N) is 1. The van der Waals surface area contributed by atoms with Crippen LogP contribution >= 0.6 is 0 Å². The average molecular weight is 315 g/mol. The Balaban J connectivity index is 2.01. The number of carboxylic acid groups (broad SMARTS) is 1. The SMILES string of the molecule is Cc1ccc(C(=O)N2C[C@@H](C(=O)O)Oc3ccccc32)cc1F. The number of para-hydroxylation sites is 2. The van der Waals surface area contributed by atoms with E-state index in [1.54, 1.807) is 31.2 Å². The van der Waals surface area contributed by atoms with Gasteiger partial charge in [-0.3, -0.25) is 4.79 Å². The van der Waals surface area contributed by atoms with E-state index in [1.807, 2.05) is 0 Å². The predicted octanol–water partition coefficient (Wildman–Crippen LogP) is 2.63. The summed E-state index contributed by atoms with van der Waals surface area (Å²) in [5.74, 6) is -1.79. The number of aryl methyl sites for hydroxylation is 1. The first-order valence-corrected chi connectivity index (χ1v) is 7.04. The van der Waals surface area contributed by atoms with Crippen molar-refractivity contribution >= 4 is 17.6 Å². The summed E-state index contributed by atoms with van der Waals surface area (Å²) in [6.45, 7) is 1.47. The van der Waals surface area contributed by atoms with E-state index in [0.29, 0.717) is 17.0 Å². The number of carboxylic acids is 1. The fourth-order valence-electron chi connectivity index (χ4n) is 2.44. The number of halogens is 1. The predicted molar refractivity (Wildman–Crippen MR) is 81.3 cm³/mol. The van der Waals surface area contributed by atoms with Gasteiger partial charge < -0.3 is 14.7 Å². The number of hydrogen-bond acceptors (Lipinski definition) is 3. The lowest BCUT2D eigenvalue weighted by atomic mass is 10.1. The van der Waals surface area contributed by atoms with Crippen LogP contribution in [0.25, 0.3) is 0 Å². The maximum atomic E-state index is 13.7. The highest BCUT2D eigenvalue weighted by Crippen LogP contribution is 2.34. The summed E-state index contributed by atoms with van der Waals surface area (Å²) in [6, 6.07) is 10.9. The van der Waals surface area contributed by atoms with Crippen LogP contribution in [-0.2, 0) is 4.79 Å². The molecule has 6 heteroatoms. The van der Waals surface area contributed by atoms with Crippen LogP contribution in [0.2, 0.25) is 0 Å². The van der Waals surface area contributed by atoms with Gasteiger partial charge in [0.2, 0.25) is 6.10 Å². The molecule has 0 saturated heterocycles. The second-order valence-corrected chi connectivity index (χ2v) is 5.29. The summed E-state index contributed by atoms with van der Waals surface area (Å²) < 4.78 is 19.1. The van der Waals surface area contributed by atoms with Gasteiger partial charge in [-0.15, -0.1) is 0 Å². The Bertz CT molecular complexity index is 790. The van der Waals surface area contributed by atoms with Crippen LogP contribution in [0.3, 0.4) is 0 Å². The first kappa shape index (κ1) is 15.0. The molecule has 5 nitrogen and oxygen atoms in total. The second kappa shape index (κ2) is 5.72. The van der Waals surface area contributed by atoms with E-state index in [-0.39, 0.29) is 12.1 Å². The number of hydrogen-bond donors (Lipinski definition) is 1. The number of fused-ring (bicyclic) bond motifs is 1. The van der Waals surface area contributed by atoms with E-state index in [2.05, 4.69) is 0 Å². The molecule has 0 saturated carbocycles. The number of amides is 1. The highest BCUT2D eigenvalue weighted by Gasteiger charge is 2.34. The summed E-state index contributed by atoms with van der Waals surface area (Å²) in [5.41, 5.74) is 1.07. The summed E-state index contributed by atoms with van der Waals surface area (Å²) in [5, 5.41) is 9.19. The van der Waals surface area contributed by atoms with Crippen LogP contribution in [0.1, 0.15) is 15.9 Å². The molecule has 2 aromatic carbocycles. The van der Waals surface area contributed by atoms with Crippen LogP contribution in [-0.4, -0.2) is 29.6 Å². The van der Waals surface area contributed by atoms with Crippen LogP contribution in [0.4, 0.5) is 10.1 Å². The highest BCUT2D eigenvalue weighted by molar-refractivity contribution is 6.07. The maximum absolute atomic E-state index is 13.7. The van der Waals surface area contributed by atoms with Crippen LogP contribution in [0.5, 0.6) is 5.75 Å². The van der Waals surface area contributed by atoms with Crippen molar-refractivity contribution in [3.05, 3.63) is 59.4 Å². The Morgan fingerprint density at radius 3 is 2.70 bits per heavy atom.